The van der Waals surface area contributed by atoms with Crippen LogP contribution in [0.3, 0.4) is 0 Å². The summed E-state index contributed by atoms with van der Waals surface area (Å²) in [4.78, 5) is 0. The molecule has 2 N–H and O–H groups in total. The van der Waals surface area contributed by atoms with Crippen molar-refractivity contribution < 1.29 is 4.42 Å². The van der Waals surface area contributed by atoms with Gasteiger partial charge in [0.05, 0.1) is 5.69 Å². The number of anilines is 1. The molecule has 0 fully saturated rings. The number of rotatable bonds is 2. The minimum atomic E-state index is 0.580. The van der Waals surface area contributed by atoms with E-state index in [2.05, 4.69) is 21.0 Å². The van der Waals surface area contributed by atoms with Crippen LogP contribution in [0.15, 0.2) is 51.6 Å². The number of nitrogen functional groups attached to an aromatic ring is 1. The summed E-state index contributed by atoms with van der Waals surface area (Å²) in [5.41, 5.74) is 8.83. The Balaban J connectivity index is 2.10. The van der Waals surface area contributed by atoms with Crippen LogP contribution < -0.4 is 5.73 Å². The van der Waals surface area contributed by atoms with Crippen LogP contribution in [-0.4, -0.2) is 9.78 Å². The molecule has 0 unspecified atom stereocenters. The standard InChI is InChI=1S/C14H12BrN3O/c1-9-4-2-3-5-11(9)18-14(16)8-10(17-18)12-6-7-13(15)19-12/h2-8H,16H2,1H3. The van der Waals surface area contributed by atoms with Crippen LogP contribution in [0.4, 0.5) is 5.82 Å². The van der Waals surface area contributed by atoms with Gasteiger partial charge in [-0.2, -0.15) is 5.10 Å². The monoisotopic (exact) mass is 317 g/mol. The maximum Gasteiger partial charge on any atom is 0.169 e. The summed E-state index contributed by atoms with van der Waals surface area (Å²) in [5, 5.41) is 4.50. The van der Waals surface area contributed by atoms with Crippen molar-refractivity contribution in [3.8, 4) is 17.1 Å². The van der Waals surface area contributed by atoms with Crippen molar-refractivity contribution in [3.63, 3.8) is 0 Å². The van der Waals surface area contributed by atoms with E-state index in [4.69, 9.17) is 10.2 Å². The predicted octanol–water partition coefficient (Wildman–Crippen LogP) is 3.79. The number of para-hydroxylation sites is 1. The molecule has 0 radical (unpaired) electrons. The van der Waals surface area contributed by atoms with Crippen molar-refractivity contribution in [1.82, 2.24) is 9.78 Å². The van der Waals surface area contributed by atoms with Crippen molar-refractivity contribution in [1.29, 1.82) is 0 Å². The highest BCUT2D eigenvalue weighted by Crippen LogP contribution is 2.27. The summed E-state index contributed by atoms with van der Waals surface area (Å²) in [6.07, 6.45) is 0. The van der Waals surface area contributed by atoms with Crippen LogP contribution in [0.25, 0.3) is 17.1 Å². The number of aryl methyl sites for hydroxylation is 1. The molecule has 3 aromatic rings. The summed E-state index contributed by atoms with van der Waals surface area (Å²) >= 11 is 3.28. The summed E-state index contributed by atoms with van der Waals surface area (Å²) in [6, 6.07) is 13.5. The molecule has 0 spiro atoms. The molecule has 0 amide bonds. The lowest BCUT2D eigenvalue weighted by molar-refractivity contribution is 0.553. The molecule has 19 heavy (non-hydrogen) atoms. The first-order valence-electron chi connectivity index (χ1n) is 5.82. The molecule has 2 heterocycles. The third-order valence-corrected chi connectivity index (χ3v) is 3.33. The van der Waals surface area contributed by atoms with E-state index in [1.165, 1.54) is 0 Å². The van der Waals surface area contributed by atoms with Gasteiger partial charge < -0.3 is 10.2 Å². The zero-order valence-electron chi connectivity index (χ0n) is 10.3. The lowest BCUT2D eigenvalue weighted by Crippen LogP contribution is -2.03. The minimum absolute atomic E-state index is 0.580. The van der Waals surface area contributed by atoms with Crippen molar-refractivity contribution >= 4 is 21.7 Å². The first-order chi connectivity index (χ1) is 9.15. The zero-order chi connectivity index (χ0) is 13.4. The second kappa shape index (κ2) is 4.59. The Morgan fingerprint density at radius 1 is 1.21 bits per heavy atom. The molecule has 3 rings (SSSR count). The molecule has 0 bridgehead atoms. The van der Waals surface area contributed by atoms with Crippen molar-refractivity contribution in [2.24, 2.45) is 0 Å². The normalized spacial score (nSPS) is 10.8. The fourth-order valence-corrected chi connectivity index (χ4v) is 2.27. The molecule has 1 aromatic carbocycles. The average molecular weight is 318 g/mol. The van der Waals surface area contributed by atoms with E-state index in [0.717, 1.165) is 11.3 Å². The Bertz CT molecular complexity index is 730. The van der Waals surface area contributed by atoms with E-state index in [1.807, 2.05) is 43.3 Å². The number of aromatic nitrogens is 2. The van der Waals surface area contributed by atoms with Gasteiger partial charge >= 0.3 is 0 Å². The largest absolute Gasteiger partial charge is 0.448 e. The van der Waals surface area contributed by atoms with Crippen molar-refractivity contribution in [2.75, 3.05) is 5.73 Å². The Hall–Kier alpha value is -2.01. The van der Waals surface area contributed by atoms with Gasteiger partial charge in [0.1, 0.15) is 11.5 Å². The lowest BCUT2D eigenvalue weighted by atomic mass is 10.2. The molecule has 5 heteroatoms. The molecule has 2 aromatic heterocycles. The van der Waals surface area contributed by atoms with Crippen LogP contribution in [-0.2, 0) is 0 Å². The molecule has 0 atom stereocenters. The SMILES string of the molecule is Cc1ccccc1-n1nc(-c2ccc(Br)o2)cc1N. The number of nitrogens with two attached hydrogens (primary N) is 1. The Labute approximate surface area is 119 Å². The maximum atomic E-state index is 6.03. The Morgan fingerprint density at radius 2 is 2.00 bits per heavy atom. The van der Waals surface area contributed by atoms with Gasteiger partial charge in [0.15, 0.2) is 10.4 Å². The van der Waals surface area contributed by atoms with E-state index in [1.54, 1.807) is 10.7 Å². The highest BCUT2D eigenvalue weighted by Gasteiger charge is 2.12. The lowest BCUT2D eigenvalue weighted by Gasteiger charge is -2.06. The van der Waals surface area contributed by atoms with E-state index >= 15 is 0 Å². The van der Waals surface area contributed by atoms with Gasteiger partial charge in [-0.1, -0.05) is 18.2 Å². The predicted molar refractivity (Wildman–Crippen MR) is 78.1 cm³/mol. The van der Waals surface area contributed by atoms with E-state index in [-0.39, 0.29) is 0 Å². The van der Waals surface area contributed by atoms with Gasteiger partial charge in [0.25, 0.3) is 0 Å². The maximum absolute atomic E-state index is 6.03. The van der Waals surface area contributed by atoms with E-state index < -0.39 is 0 Å². The molecule has 0 aliphatic rings. The zero-order valence-corrected chi connectivity index (χ0v) is 11.9. The summed E-state index contributed by atoms with van der Waals surface area (Å²) in [7, 11) is 0. The molecule has 0 aliphatic carbocycles. The number of nitrogens with zero attached hydrogens (tertiary/aromatic N) is 2. The second-order valence-electron chi connectivity index (χ2n) is 4.26. The van der Waals surface area contributed by atoms with Crippen LogP contribution in [0.2, 0.25) is 0 Å². The van der Waals surface area contributed by atoms with Gasteiger partial charge in [-0.05, 0) is 46.6 Å². The van der Waals surface area contributed by atoms with Crippen molar-refractivity contribution in [3.05, 3.63) is 52.7 Å². The second-order valence-corrected chi connectivity index (χ2v) is 5.04. The number of hydrogen-bond acceptors (Lipinski definition) is 3. The summed E-state index contributed by atoms with van der Waals surface area (Å²) < 4.78 is 7.89. The summed E-state index contributed by atoms with van der Waals surface area (Å²) in [5.74, 6) is 1.27. The highest BCUT2D eigenvalue weighted by atomic mass is 79.9. The molecular weight excluding hydrogens is 306 g/mol. The Kier molecular flexibility index (Phi) is 2.91. The fraction of sp³-hybridized carbons (Fsp3) is 0.0714. The van der Waals surface area contributed by atoms with E-state index in [9.17, 15) is 0 Å². The van der Waals surface area contributed by atoms with Gasteiger partial charge in [-0.25, -0.2) is 4.68 Å². The molecule has 0 saturated heterocycles. The first kappa shape index (κ1) is 12.0. The minimum Gasteiger partial charge on any atom is -0.448 e. The molecule has 0 saturated carbocycles. The topological polar surface area (TPSA) is 57.0 Å². The van der Waals surface area contributed by atoms with Crippen LogP contribution in [0.5, 0.6) is 0 Å². The molecule has 96 valence electrons. The number of halogens is 1. The smallest absolute Gasteiger partial charge is 0.169 e. The molecular formula is C14H12BrN3O. The Morgan fingerprint density at radius 3 is 2.68 bits per heavy atom. The third kappa shape index (κ3) is 2.17. The third-order valence-electron chi connectivity index (χ3n) is 2.91. The average Bonchev–Trinajstić information content (AvgIpc) is 2.96. The van der Waals surface area contributed by atoms with Crippen LogP contribution in [0, 0.1) is 6.92 Å². The first-order valence-corrected chi connectivity index (χ1v) is 6.62. The highest BCUT2D eigenvalue weighted by molar-refractivity contribution is 9.10. The molecule has 4 nitrogen and oxygen atoms in total. The summed E-state index contributed by atoms with van der Waals surface area (Å²) in [6.45, 7) is 2.03. The van der Waals surface area contributed by atoms with E-state index in [0.29, 0.717) is 21.9 Å². The van der Waals surface area contributed by atoms with Gasteiger partial charge in [-0.3, -0.25) is 0 Å². The number of benzene rings is 1. The fourth-order valence-electron chi connectivity index (χ4n) is 1.96. The van der Waals surface area contributed by atoms with Gasteiger partial charge in [0.2, 0.25) is 0 Å². The van der Waals surface area contributed by atoms with Crippen LogP contribution in [0.1, 0.15) is 5.56 Å². The van der Waals surface area contributed by atoms with Crippen LogP contribution >= 0.6 is 15.9 Å². The van der Waals surface area contributed by atoms with Crippen molar-refractivity contribution in [2.45, 2.75) is 6.92 Å². The number of furan rings is 1. The molecule has 0 aliphatic heterocycles. The quantitative estimate of drug-likeness (QED) is 0.782. The number of hydrogen-bond donors (Lipinski definition) is 1. The van der Waals surface area contributed by atoms with Gasteiger partial charge in [0, 0.05) is 6.07 Å². The van der Waals surface area contributed by atoms with Gasteiger partial charge in [-0.15, -0.1) is 0 Å².